The maximum absolute atomic E-state index is 12.3. The molecule has 98 valence electrons. The van der Waals surface area contributed by atoms with Crippen molar-refractivity contribution in [3.05, 3.63) is 35.9 Å². The van der Waals surface area contributed by atoms with E-state index in [-0.39, 0.29) is 11.9 Å². The third kappa shape index (κ3) is 2.71. The Hall–Kier alpha value is -1.39. The first-order valence-corrected chi connectivity index (χ1v) is 6.47. The number of hydrogen-bond acceptors (Lipinski definition) is 3. The van der Waals surface area contributed by atoms with Crippen LogP contribution < -0.4 is 5.73 Å². The normalized spacial score (nSPS) is 21.7. The first-order chi connectivity index (χ1) is 8.74. The lowest BCUT2D eigenvalue weighted by Gasteiger charge is -2.36. The molecule has 1 aliphatic rings. The van der Waals surface area contributed by atoms with Gasteiger partial charge in [-0.1, -0.05) is 30.3 Å². The fourth-order valence-corrected chi connectivity index (χ4v) is 2.47. The highest BCUT2D eigenvalue weighted by Gasteiger charge is 2.30. The van der Waals surface area contributed by atoms with Crippen molar-refractivity contribution in [1.82, 2.24) is 4.90 Å². The monoisotopic (exact) mass is 248 g/mol. The van der Waals surface area contributed by atoms with Gasteiger partial charge in [0.05, 0.1) is 0 Å². The molecule has 0 aliphatic carbocycles. The molecule has 2 atom stereocenters. The predicted octanol–water partition coefficient (Wildman–Crippen LogP) is 1.06. The van der Waals surface area contributed by atoms with Gasteiger partial charge >= 0.3 is 0 Å². The van der Waals surface area contributed by atoms with Crippen molar-refractivity contribution in [2.75, 3.05) is 13.1 Å². The number of aliphatic hydroxyl groups is 1. The Morgan fingerprint density at radius 1 is 1.39 bits per heavy atom. The zero-order chi connectivity index (χ0) is 13.0. The van der Waals surface area contributed by atoms with E-state index in [2.05, 4.69) is 0 Å². The van der Waals surface area contributed by atoms with Crippen molar-refractivity contribution in [1.29, 1.82) is 0 Å². The molecule has 1 amide bonds. The van der Waals surface area contributed by atoms with Gasteiger partial charge in [0.25, 0.3) is 5.91 Å². The van der Waals surface area contributed by atoms with Crippen LogP contribution in [0.3, 0.4) is 0 Å². The van der Waals surface area contributed by atoms with Gasteiger partial charge < -0.3 is 15.7 Å². The molecule has 4 heteroatoms. The number of benzene rings is 1. The molecule has 0 radical (unpaired) electrons. The topological polar surface area (TPSA) is 66.6 Å². The Morgan fingerprint density at radius 2 is 2.11 bits per heavy atom. The summed E-state index contributed by atoms with van der Waals surface area (Å²) in [6, 6.07) is 9.12. The number of nitrogens with two attached hydrogens (primary N) is 1. The standard InChI is InChI=1S/C14H20N2O2/c15-10-12-8-4-5-9-16(12)14(18)13(17)11-6-2-1-3-7-11/h1-3,6-7,12-13,17H,4-5,8-10,15H2. The number of likely N-dealkylation sites (tertiary alicyclic amines) is 1. The Balaban J connectivity index is 2.10. The van der Waals surface area contributed by atoms with E-state index in [1.54, 1.807) is 17.0 Å². The van der Waals surface area contributed by atoms with Gasteiger partial charge in [0.1, 0.15) is 0 Å². The van der Waals surface area contributed by atoms with Crippen LogP contribution in [0.25, 0.3) is 0 Å². The molecule has 1 aliphatic heterocycles. The van der Waals surface area contributed by atoms with Gasteiger partial charge in [-0.2, -0.15) is 0 Å². The lowest BCUT2D eigenvalue weighted by molar-refractivity contribution is -0.144. The number of rotatable bonds is 3. The van der Waals surface area contributed by atoms with Gasteiger partial charge in [-0.15, -0.1) is 0 Å². The molecule has 0 spiro atoms. The van der Waals surface area contributed by atoms with Crippen molar-refractivity contribution in [2.45, 2.75) is 31.4 Å². The van der Waals surface area contributed by atoms with Crippen LogP contribution >= 0.6 is 0 Å². The highest BCUT2D eigenvalue weighted by molar-refractivity contribution is 5.82. The minimum absolute atomic E-state index is 0.0737. The molecule has 1 aromatic carbocycles. The fourth-order valence-electron chi connectivity index (χ4n) is 2.47. The highest BCUT2D eigenvalue weighted by Crippen LogP contribution is 2.22. The first-order valence-electron chi connectivity index (χ1n) is 6.47. The molecule has 1 heterocycles. The third-order valence-electron chi connectivity index (χ3n) is 3.53. The summed E-state index contributed by atoms with van der Waals surface area (Å²) in [5, 5.41) is 10.1. The van der Waals surface area contributed by atoms with E-state index < -0.39 is 6.10 Å². The smallest absolute Gasteiger partial charge is 0.256 e. The molecule has 3 N–H and O–H groups in total. The van der Waals surface area contributed by atoms with Crippen LogP contribution in [0.2, 0.25) is 0 Å². The summed E-state index contributed by atoms with van der Waals surface area (Å²) in [7, 11) is 0. The van der Waals surface area contributed by atoms with Crippen LogP contribution in [-0.4, -0.2) is 35.0 Å². The number of amides is 1. The Kier molecular flexibility index (Phi) is 4.33. The van der Waals surface area contributed by atoms with Crippen molar-refractivity contribution in [2.24, 2.45) is 5.73 Å². The lowest BCUT2D eigenvalue weighted by Crippen LogP contribution is -2.49. The van der Waals surface area contributed by atoms with E-state index in [1.807, 2.05) is 18.2 Å². The van der Waals surface area contributed by atoms with E-state index in [4.69, 9.17) is 5.73 Å². The minimum atomic E-state index is -1.07. The molecule has 18 heavy (non-hydrogen) atoms. The van der Waals surface area contributed by atoms with Gasteiger partial charge in [-0.3, -0.25) is 4.79 Å². The molecular weight excluding hydrogens is 228 g/mol. The SMILES string of the molecule is NCC1CCCCN1C(=O)C(O)c1ccccc1. The minimum Gasteiger partial charge on any atom is -0.378 e. The van der Waals surface area contributed by atoms with Gasteiger partial charge in [0, 0.05) is 19.1 Å². The summed E-state index contributed by atoms with van der Waals surface area (Å²) < 4.78 is 0. The van der Waals surface area contributed by atoms with E-state index in [0.717, 1.165) is 19.3 Å². The second-order valence-electron chi connectivity index (χ2n) is 4.73. The maximum Gasteiger partial charge on any atom is 0.256 e. The largest absolute Gasteiger partial charge is 0.378 e. The second-order valence-corrected chi connectivity index (χ2v) is 4.73. The summed E-state index contributed by atoms with van der Waals surface area (Å²) >= 11 is 0. The fraction of sp³-hybridized carbons (Fsp3) is 0.500. The first kappa shape index (κ1) is 13.1. The Morgan fingerprint density at radius 3 is 2.78 bits per heavy atom. The number of carbonyl (C=O) groups is 1. The Bertz CT molecular complexity index is 394. The molecule has 1 saturated heterocycles. The predicted molar refractivity (Wildman–Crippen MR) is 69.8 cm³/mol. The lowest BCUT2D eigenvalue weighted by atomic mass is 10.00. The molecule has 0 saturated carbocycles. The second kappa shape index (κ2) is 5.98. The summed E-state index contributed by atoms with van der Waals surface area (Å²) in [5.41, 5.74) is 6.34. The van der Waals surface area contributed by atoms with Crippen LogP contribution in [0.4, 0.5) is 0 Å². The molecule has 2 unspecified atom stereocenters. The average Bonchev–Trinajstić information content (AvgIpc) is 2.46. The number of nitrogens with zero attached hydrogens (tertiary/aromatic N) is 1. The van der Waals surface area contributed by atoms with Crippen molar-refractivity contribution < 1.29 is 9.90 Å². The zero-order valence-corrected chi connectivity index (χ0v) is 10.5. The summed E-state index contributed by atoms with van der Waals surface area (Å²) in [5.74, 6) is -0.226. The van der Waals surface area contributed by atoms with Crippen molar-refractivity contribution >= 4 is 5.91 Å². The van der Waals surface area contributed by atoms with Crippen LogP contribution in [0, 0.1) is 0 Å². The highest BCUT2D eigenvalue weighted by atomic mass is 16.3. The van der Waals surface area contributed by atoms with Gasteiger partial charge in [-0.05, 0) is 24.8 Å². The van der Waals surface area contributed by atoms with E-state index >= 15 is 0 Å². The molecule has 2 rings (SSSR count). The maximum atomic E-state index is 12.3. The summed E-state index contributed by atoms with van der Waals surface area (Å²) in [6.07, 6.45) is 1.96. The molecule has 4 nitrogen and oxygen atoms in total. The van der Waals surface area contributed by atoms with Crippen molar-refractivity contribution in [3.63, 3.8) is 0 Å². The molecule has 1 aromatic rings. The molecule has 1 fully saturated rings. The quantitative estimate of drug-likeness (QED) is 0.840. The number of aliphatic hydroxyl groups excluding tert-OH is 1. The van der Waals surface area contributed by atoms with Crippen LogP contribution in [0.15, 0.2) is 30.3 Å². The van der Waals surface area contributed by atoms with E-state index in [0.29, 0.717) is 18.7 Å². The Labute approximate surface area is 107 Å². The molecular formula is C14H20N2O2. The van der Waals surface area contributed by atoms with Crippen molar-refractivity contribution in [3.8, 4) is 0 Å². The van der Waals surface area contributed by atoms with Crippen LogP contribution in [0.5, 0.6) is 0 Å². The zero-order valence-electron chi connectivity index (χ0n) is 10.5. The van der Waals surface area contributed by atoms with Gasteiger partial charge in [0.2, 0.25) is 0 Å². The van der Waals surface area contributed by atoms with Gasteiger partial charge in [-0.25, -0.2) is 0 Å². The van der Waals surface area contributed by atoms with Crippen LogP contribution in [0.1, 0.15) is 30.9 Å². The van der Waals surface area contributed by atoms with E-state index in [9.17, 15) is 9.90 Å². The number of carbonyl (C=O) groups excluding carboxylic acids is 1. The average molecular weight is 248 g/mol. The number of piperidine rings is 1. The van der Waals surface area contributed by atoms with Crippen LogP contribution in [-0.2, 0) is 4.79 Å². The molecule has 0 bridgehead atoms. The molecule has 0 aromatic heterocycles. The third-order valence-corrected chi connectivity index (χ3v) is 3.53. The van der Waals surface area contributed by atoms with E-state index in [1.165, 1.54) is 0 Å². The number of hydrogen-bond donors (Lipinski definition) is 2. The van der Waals surface area contributed by atoms with Gasteiger partial charge in [0.15, 0.2) is 6.10 Å². The summed E-state index contributed by atoms with van der Waals surface area (Å²) in [4.78, 5) is 14.0. The summed E-state index contributed by atoms with van der Waals surface area (Å²) in [6.45, 7) is 1.16.